The van der Waals surface area contributed by atoms with Crippen LogP contribution in [0.15, 0.2) is 29.2 Å². The molecule has 134 valence electrons. The van der Waals surface area contributed by atoms with E-state index in [2.05, 4.69) is 5.32 Å². The number of hydrogen-bond donors (Lipinski definition) is 1. The fraction of sp³-hybridized carbons (Fsp3) is 0.562. The normalized spacial score (nSPS) is 20.5. The van der Waals surface area contributed by atoms with E-state index in [0.717, 1.165) is 12.8 Å². The Balaban J connectivity index is 0.00000208. The minimum atomic E-state index is -3.74. The molecule has 2 aliphatic rings. The fourth-order valence-corrected chi connectivity index (χ4v) is 5.80. The summed E-state index contributed by atoms with van der Waals surface area (Å²) >= 11 is 5.86. The molecule has 0 bridgehead atoms. The number of amides is 1. The van der Waals surface area contributed by atoms with Crippen LogP contribution in [0.1, 0.15) is 25.7 Å². The van der Waals surface area contributed by atoms with Crippen LogP contribution in [-0.2, 0) is 14.6 Å². The van der Waals surface area contributed by atoms with Gasteiger partial charge in [0.05, 0.1) is 4.90 Å². The van der Waals surface area contributed by atoms with E-state index in [-0.39, 0.29) is 23.2 Å². The topological polar surface area (TPSA) is 66.5 Å². The van der Waals surface area contributed by atoms with E-state index in [9.17, 15) is 13.2 Å². The second kappa shape index (κ2) is 7.60. The molecule has 0 atom stereocenters. The van der Waals surface area contributed by atoms with Crippen LogP contribution < -0.4 is 5.32 Å². The summed E-state index contributed by atoms with van der Waals surface area (Å²) in [6.07, 6.45) is 2.34. The fourth-order valence-electron chi connectivity index (χ4n) is 3.54. The van der Waals surface area contributed by atoms with Gasteiger partial charge in [0.2, 0.25) is 5.91 Å². The third-order valence-electron chi connectivity index (χ3n) is 4.84. The molecule has 1 aliphatic heterocycles. The molecule has 24 heavy (non-hydrogen) atoms. The molecular formula is C16H22Cl2N2O3S. The Morgan fingerprint density at radius 1 is 1.08 bits per heavy atom. The van der Waals surface area contributed by atoms with Gasteiger partial charge in [-0.2, -0.15) is 0 Å². The molecule has 1 aliphatic carbocycles. The number of nitrogens with zero attached hydrogens (tertiary/aromatic N) is 1. The van der Waals surface area contributed by atoms with E-state index >= 15 is 0 Å². The van der Waals surface area contributed by atoms with Crippen molar-refractivity contribution >= 4 is 39.8 Å². The lowest BCUT2D eigenvalue weighted by Gasteiger charge is -2.36. The number of hydrogen-bond acceptors (Lipinski definition) is 4. The molecule has 1 N–H and O–H groups in total. The van der Waals surface area contributed by atoms with E-state index in [1.54, 1.807) is 17.0 Å². The average molecular weight is 393 g/mol. The number of nitrogens with one attached hydrogen (secondary N) is 1. The van der Waals surface area contributed by atoms with Crippen molar-refractivity contribution in [2.45, 2.75) is 35.3 Å². The van der Waals surface area contributed by atoms with Gasteiger partial charge in [-0.1, -0.05) is 24.4 Å². The molecule has 3 rings (SSSR count). The highest BCUT2D eigenvalue weighted by Crippen LogP contribution is 2.42. The van der Waals surface area contributed by atoms with Crippen LogP contribution in [0.4, 0.5) is 0 Å². The van der Waals surface area contributed by atoms with Crippen LogP contribution in [0.5, 0.6) is 0 Å². The van der Waals surface area contributed by atoms with E-state index in [4.69, 9.17) is 11.6 Å². The molecule has 1 amide bonds. The van der Waals surface area contributed by atoms with Crippen LogP contribution in [-0.4, -0.2) is 50.2 Å². The van der Waals surface area contributed by atoms with Crippen molar-refractivity contribution in [2.75, 3.05) is 26.2 Å². The molecule has 1 saturated heterocycles. The number of piperazine rings is 1. The third-order valence-corrected chi connectivity index (χ3v) is 7.60. The van der Waals surface area contributed by atoms with Crippen molar-refractivity contribution < 1.29 is 13.2 Å². The van der Waals surface area contributed by atoms with E-state index in [1.807, 2.05) is 0 Å². The second-order valence-electron chi connectivity index (χ2n) is 6.20. The lowest BCUT2D eigenvalue weighted by Crippen LogP contribution is -2.56. The molecule has 1 aromatic carbocycles. The van der Waals surface area contributed by atoms with Crippen molar-refractivity contribution in [2.24, 2.45) is 0 Å². The monoisotopic (exact) mass is 392 g/mol. The number of benzene rings is 1. The molecule has 1 heterocycles. The zero-order valence-electron chi connectivity index (χ0n) is 13.3. The van der Waals surface area contributed by atoms with Gasteiger partial charge in [0.1, 0.15) is 0 Å². The summed E-state index contributed by atoms with van der Waals surface area (Å²) in [6, 6.07) is 6.13. The molecule has 1 saturated carbocycles. The maximum Gasteiger partial charge on any atom is 0.244 e. The average Bonchev–Trinajstić information content (AvgIpc) is 3.07. The van der Waals surface area contributed by atoms with Gasteiger partial charge in [0.15, 0.2) is 14.6 Å². The Labute approximate surface area is 154 Å². The molecule has 0 aromatic heterocycles. The Kier molecular flexibility index (Phi) is 6.18. The highest BCUT2D eigenvalue weighted by atomic mass is 35.5. The van der Waals surface area contributed by atoms with Crippen LogP contribution >= 0.6 is 24.0 Å². The molecule has 0 spiro atoms. The molecule has 1 aromatic rings. The number of carbonyl (C=O) groups is 1. The van der Waals surface area contributed by atoms with Gasteiger partial charge in [-0.25, -0.2) is 8.42 Å². The Bertz CT molecular complexity index is 680. The molecule has 8 heteroatoms. The maximum absolute atomic E-state index is 13.2. The first-order chi connectivity index (χ1) is 11.0. The summed E-state index contributed by atoms with van der Waals surface area (Å²) in [5, 5.41) is 3.68. The number of sulfone groups is 1. The van der Waals surface area contributed by atoms with Gasteiger partial charge >= 0.3 is 0 Å². The minimum absolute atomic E-state index is 0. The van der Waals surface area contributed by atoms with E-state index in [1.165, 1.54) is 12.1 Å². The third kappa shape index (κ3) is 3.29. The van der Waals surface area contributed by atoms with Gasteiger partial charge in [0.25, 0.3) is 0 Å². The maximum atomic E-state index is 13.2. The van der Waals surface area contributed by atoms with Crippen LogP contribution in [0.2, 0.25) is 5.02 Å². The van der Waals surface area contributed by atoms with Crippen LogP contribution in [0.3, 0.4) is 0 Å². The number of carbonyl (C=O) groups excluding carboxylic acids is 1. The van der Waals surface area contributed by atoms with Crippen molar-refractivity contribution in [3.05, 3.63) is 29.3 Å². The minimum Gasteiger partial charge on any atom is -0.339 e. The van der Waals surface area contributed by atoms with Gasteiger partial charge in [-0.15, -0.1) is 12.4 Å². The first-order valence-electron chi connectivity index (χ1n) is 7.98. The van der Waals surface area contributed by atoms with Crippen molar-refractivity contribution in [3.8, 4) is 0 Å². The predicted molar refractivity (Wildman–Crippen MR) is 96.5 cm³/mol. The highest BCUT2D eigenvalue weighted by Gasteiger charge is 2.54. The highest BCUT2D eigenvalue weighted by molar-refractivity contribution is 7.93. The Morgan fingerprint density at radius 3 is 2.17 bits per heavy atom. The van der Waals surface area contributed by atoms with Gasteiger partial charge in [-0.05, 0) is 37.1 Å². The summed E-state index contributed by atoms with van der Waals surface area (Å²) in [4.78, 5) is 15.0. The van der Waals surface area contributed by atoms with E-state index in [0.29, 0.717) is 44.0 Å². The van der Waals surface area contributed by atoms with Crippen molar-refractivity contribution in [1.29, 1.82) is 0 Å². The van der Waals surface area contributed by atoms with Crippen LogP contribution in [0.25, 0.3) is 0 Å². The Hall–Kier alpha value is -0.820. The van der Waals surface area contributed by atoms with Crippen molar-refractivity contribution in [1.82, 2.24) is 10.2 Å². The number of halogens is 2. The molecular weight excluding hydrogens is 371 g/mol. The van der Waals surface area contributed by atoms with Gasteiger partial charge in [-0.3, -0.25) is 4.79 Å². The van der Waals surface area contributed by atoms with Gasteiger partial charge < -0.3 is 10.2 Å². The summed E-state index contributed by atoms with van der Waals surface area (Å²) in [6.45, 7) is 2.55. The summed E-state index contributed by atoms with van der Waals surface area (Å²) in [5.74, 6) is -0.230. The first-order valence-corrected chi connectivity index (χ1v) is 9.84. The quantitative estimate of drug-likeness (QED) is 0.856. The van der Waals surface area contributed by atoms with E-state index < -0.39 is 14.6 Å². The molecule has 2 fully saturated rings. The molecule has 0 radical (unpaired) electrons. The summed E-state index contributed by atoms with van der Waals surface area (Å²) in [7, 11) is -3.74. The van der Waals surface area contributed by atoms with Gasteiger partial charge in [0, 0.05) is 31.2 Å². The predicted octanol–water partition coefficient (Wildman–Crippen LogP) is 2.28. The smallest absolute Gasteiger partial charge is 0.244 e. The zero-order valence-corrected chi connectivity index (χ0v) is 15.7. The van der Waals surface area contributed by atoms with Crippen LogP contribution in [0, 0.1) is 0 Å². The van der Waals surface area contributed by atoms with Crippen molar-refractivity contribution in [3.63, 3.8) is 0 Å². The Morgan fingerprint density at radius 2 is 1.62 bits per heavy atom. The lowest BCUT2D eigenvalue weighted by molar-refractivity contribution is -0.134. The summed E-state index contributed by atoms with van der Waals surface area (Å²) in [5.41, 5.74) is 0. The second-order valence-corrected chi connectivity index (χ2v) is 8.90. The largest absolute Gasteiger partial charge is 0.339 e. The standard InChI is InChI=1S/C16H21ClN2O3S.ClH/c17-13-3-5-14(6-4-13)23(21,22)16(7-1-2-8-16)15(20)19-11-9-18-10-12-19;/h3-6,18H,1-2,7-12H2;1H. The summed E-state index contributed by atoms with van der Waals surface area (Å²) < 4.78 is 25.2. The SMILES string of the molecule is Cl.O=C(N1CCNCC1)C1(S(=O)(=O)c2ccc(Cl)cc2)CCCC1. The first kappa shape index (κ1) is 19.5. The molecule has 5 nitrogen and oxygen atoms in total. The lowest BCUT2D eigenvalue weighted by atomic mass is 10.0. The zero-order chi connectivity index (χ0) is 16.5. The molecule has 0 unspecified atom stereocenters. The number of rotatable bonds is 3.